The molecule has 3 heteroatoms. The van der Waals surface area contributed by atoms with Gasteiger partial charge < -0.3 is 4.74 Å². The highest BCUT2D eigenvalue weighted by atomic mass is 16.5. The summed E-state index contributed by atoms with van der Waals surface area (Å²) in [5, 5.41) is 0. The lowest BCUT2D eigenvalue weighted by Crippen LogP contribution is -2.16. The number of ether oxygens (including phenoxy) is 1. The third kappa shape index (κ3) is 2.33. The lowest BCUT2D eigenvalue weighted by molar-refractivity contribution is -0.146. The molecule has 0 aromatic heterocycles. The van der Waals surface area contributed by atoms with Crippen LogP contribution in [-0.2, 0) is 14.3 Å². The number of rotatable bonds is 0. The molecule has 1 aliphatic heterocycles. The molecule has 1 aliphatic rings. The lowest BCUT2D eigenvalue weighted by atomic mass is 9.85. The van der Waals surface area contributed by atoms with Crippen LogP contribution in [0.5, 0.6) is 0 Å². The summed E-state index contributed by atoms with van der Waals surface area (Å²) in [5.41, 5.74) is -0.218. The molecule has 1 heterocycles. The molecule has 62 valence electrons. The van der Waals surface area contributed by atoms with Crippen molar-refractivity contribution in [3.63, 3.8) is 0 Å². The summed E-state index contributed by atoms with van der Waals surface area (Å²) < 4.78 is 4.66. The van der Waals surface area contributed by atoms with Crippen molar-refractivity contribution in [2.75, 3.05) is 6.61 Å². The van der Waals surface area contributed by atoms with Crippen LogP contribution >= 0.6 is 0 Å². The summed E-state index contributed by atoms with van der Waals surface area (Å²) in [6.45, 7) is 3.76. The van der Waals surface area contributed by atoms with Gasteiger partial charge in [-0.05, 0) is 5.41 Å². The molecule has 0 amide bonds. The predicted molar refractivity (Wildman–Crippen MR) is 39.0 cm³/mol. The molecule has 0 aromatic carbocycles. The number of carbonyl (C=O) groups excluding carboxylic acids is 2. The smallest absolute Gasteiger partial charge is 0.306 e. The van der Waals surface area contributed by atoms with Gasteiger partial charge in [-0.3, -0.25) is 9.59 Å². The highest BCUT2D eigenvalue weighted by Crippen LogP contribution is 2.27. The molecular weight excluding hydrogens is 144 g/mol. The van der Waals surface area contributed by atoms with Crippen LogP contribution in [0, 0.1) is 5.41 Å². The maximum absolute atomic E-state index is 11.0. The van der Waals surface area contributed by atoms with Gasteiger partial charge in [-0.1, -0.05) is 13.8 Å². The second kappa shape index (κ2) is 2.64. The van der Waals surface area contributed by atoms with Crippen molar-refractivity contribution in [3.8, 4) is 0 Å². The third-order valence-corrected chi connectivity index (χ3v) is 1.69. The van der Waals surface area contributed by atoms with Gasteiger partial charge in [-0.15, -0.1) is 0 Å². The second-order valence-corrected chi connectivity index (χ2v) is 3.72. The highest BCUT2D eigenvalue weighted by molar-refractivity contribution is 5.85. The van der Waals surface area contributed by atoms with Crippen LogP contribution in [0.2, 0.25) is 0 Å². The fraction of sp³-hybridized carbons (Fsp3) is 0.750. The minimum Gasteiger partial charge on any atom is -0.458 e. The zero-order valence-electron chi connectivity index (χ0n) is 6.85. The minimum atomic E-state index is -0.263. The van der Waals surface area contributed by atoms with E-state index in [1.807, 2.05) is 13.8 Å². The van der Waals surface area contributed by atoms with E-state index in [1.165, 1.54) is 0 Å². The van der Waals surface area contributed by atoms with Crippen molar-refractivity contribution in [1.82, 2.24) is 0 Å². The average Bonchev–Trinajstić information content (AvgIpc) is 1.89. The van der Waals surface area contributed by atoms with Gasteiger partial charge in [0.05, 0.1) is 6.42 Å². The fourth-order valence-electron chi connectivity index (χ4n) is 1.25. The summed E-state index contributed by atoms with van der Waals surface area (Å²) in [6, 6.07) is 0. The van der Waals surface area contributed by atoms with Crippen LogP contribution in [0.25, 0.3) is 0 Å². The molecule has 0 N–H and O–H groups in total. The Bertz CT molecular complexity index is 174. The number of hydrogen-bond donors (Lipinski definition) is 0. The van der Waals surface area contributed by atoms with Gasteiger partial charge in [-0.25, -0.2) is 0 Å². The van der Waals surface area contributed by atoms with E-state index in [1.54, 1.807) is 0 Å². The molecule has 1 rings (SSSR count). The van der Waals surface area contributed by atoms with Gasteiger partial charge >= 0.3 is 5.97 Å². The van der Waals surface area contributed by atoms with E-state index < -0.39 is 0 Å². The SMILES string of the molecule is CC1(C)CC(=O)COC(=O)C1. The van der Waals surface area contributed by atoms with Gasteiger partial charge in [0.15, 0.2) is 5.78 Å². The Morgan fingerprint density at radius 3 is 2.55 bits per heavy atom. The van der Waals surface area contributed by atoms with Crippen molar-refractivity contribution in [2.45, 2.75) is 26.7 Å². The van der Waals surface area contributed by atoms with E-state index in [0.717, 1.165) is 0 Å². The van der Waals surface area contributed by atoms with E-state index in [0.29, 0.717) is 12.8 Å². The molecule has 1 saturated heterocycles. The molecule has 0 bridgehead atoms. The largest absolute Gasteiger partial charge is 0.458 e. The van der Waals surface area contributed by atoms with Gasteiger partial charge in [-0.2, -0.15) is 0 Å². The summed E-state index contributed by atoms with van der Waals surface area (Å²) in [6.07, 6.45) is 0.789. The zero-order valence-corrected chi connectivity index (χ0v) is 6.85. The first-order valence-corrected chi connectivity index (χ1v) is 3.67. The molecule has 0 atom stereocenters. The van der Waals surface area contributed by atoms with Crippen molar-refractivity contribution in [1.29, 1.82) is 0 Å². The summed E-state index contributed by atoms with van der Waals surface area (Å²) in [4.78, 5) is 21.8. The van der Waals surface area contributed by atoms with Crippen molar-refractivity contribution in [3.05, 3.63) is 0 Å². The van der Waals surface area contributed by atoms with E-state index in [9.17, 15) is 9.59 Å². The van der Waals surface area contributed by atoms with Crippen molar-refractivity contribution < 1.29 is 14.3 Å². The Morgan fingerprint density at radius 1 is 1.27 bits per heavy atom. The summed E-state index contributed by atoms with van der Waals surface area (Å²) >= 11 is 0. The average molecular weight is 156 g/mol. The standard InChI is InChI=1S/C8H12O3/c1-8(2)3-6(9)5-11-7(10)4-8/h3-5H2,1-2H3. The molecule has 1 fully saturated rings. The predicted octanol–water partition coefficient (Wildman–Crippen LogP) is 0.919. The van der Waals surface area contributed by atoms with E-state index in [4.69, 9.17) is 0 Å². The van der Waals surface area contributed by atoms with Crippen LogP contribution < -0.4 is 0 Å². The second-order valence-electron chi connectivity index (χ2n) is 3.72. The topological polar surface area (TPSA) is 43.4 Å². The summed E-state index contributed by atoms with van der Waals surface area (Å²) in [5.74, 6) is -0.248. The van der Waals surface area contributed by atoms with Crippen molar-refractivity contribution >= 4 is 11.8 Å². The number of carbonyl (C=O) groups is 2. The number of hydrogen-bond acceptors (Lipinski definition) is 3. The van der Waals surface area contributed by atoms with Crippen LogP contribution in [0.1, 0.15) is 26.7 Å². The first-order valence-electron chi connectivity index (χ1n) is 3.67. The van der Waals surface area contributed by atoms with E-state index in [-0.39, 0.29) is 23.8 Å². The Hall–Kier alpha value is -0.860. The Balaban J connectivity index is 2.70. The van der Waals surface area contributed by atoms with Gasteiger partial charge in [0.1, 0.15) is 6.61 Å². The van der Waals surface area contributed by atoms with Crippen LogP contribution in [-0.4, -0.2) is 18.4 Å². The lowest BCUT2D eigenvalue weighted by Gasteiger charge is -2.17. The molecule has 0 radical (unpaired) electrons. The Labute approximate surface area is 65.7 Å². The van der Waals surface area contributed by atoms with E-state index in [2.05, 4.69) is 4.74 Å². The van der Waals surface area contributed by atoms with Gasteiger partial charge in [0, 0.05) is 6.42 Å². The van der Waals surface area contributed by atoms with Gasteiger partial charge in [0.25, 0.3) is 0 Å². The zero-order chi connectivity index (χ0) is 8.48. The Kier molecular flexibility index (Phi) is 1.98. The van der Waals surface area contributed by atoms with Crippen LogP contribution in [0.15, 0.2) is 0 Å². The fourth-order valence-corrected chi connectivity index (χ4v) is 1.25. The normalized spacial score (nSPS) is 24.2. The maximum atomic E-state index is 11.0. The molecule has 0 spiro atoms. The molecular formula is C8H12O3. The third-order valence-electron chi connectivity index (χ3n) is 1.69. The molecule has 0 aromatic rings. The number of cyclic esters (lactones) is 1. The molecule has 3 nitrogen and oxygen atoms in total. The van der Waals surface area contributed by atoms with E-state index >= 15 is 0 Å². The molecule has 11 heavy (non-hydrogen) atoms. The molecule has 0 aliphatic carbocycles. The molecule has 0 unspecified atom stereocenters. The number of esters is 1. The first kappa shape index (κ1) is 8.24. The van der Waals surface area contributed by atoms with Crippen molar-refractivity contribution in [2.24, 2.45) is 5.41 Å². The molecule has 0 saturated carbocycles. The first-order chi connectivity index (χ1) is 4.99. The monoisotopic (exact) mass is 156 g/mol. The Morgan fingerprint density at radius 2 is 1.91 bits per heavy atom. The van der Waals surface area contributed by atoms with Gasteiger partial charge in [0.2, 0.25) is 0 Å². The maximum Gasteiger partial charge on any atom is 0.306 e. The van der Waals surface area contributed by atoms with Crippen LogP contribution in [0.3, 0.4) is 0 Å². The minimum absolute atomic E-state index is 0.0147. The number of Topliss-reactive ketones (excluding diaryl/α,β-unsaturated/α-hetero) is 1. The quantitative estimate of drug-likeness (QED) is 0.490. The number of ketones is 1. The van der Waals surface area contributed by atoms with Crippen LogP contribution in [0.4, 0.5) is 0 Å². The highest BCUT2D eigenvalue weighted by Gasteiger charge is 2.29. The summed E-state index contributed by atoms with van der Waals surface area (Å²) in [7, 11) is 0.